The minimum atomic E-state index is -0.469. The fourth-order valence-corrected chi connectivity index (χ4v) is 2.52. The molecule has 0 amide bonds. The second-order valence-electron chi connectivity index (χ2n) is 5.93. The van der Waals surface area contributed by atoms with E-state index in [-0.39, 0.29) is 12.1 Å². The first-order valence-corrected chi connectivity index (χ1v) is 8.51. The highest BCUT2D eigenvalue weighted by atomic mass is 16.2. The second-order valence-corrected chi connectivity index (χ2v) is 5.93. The number of nitrogens with one attached hydrogen (secondary N) is 1. The molecule has 0 spiro atoms. The number of aromatic nitrogens is 2. The van der Waals surface area contributed by atoms with Crippen LogP contribution < -0.4 is 16.3 Å². The van der Waals surface area contributed by atoms with Crippen LogP contribution in [0.3, 0.4) is 0 Å². The molecule has 27 heavy (non-hydrogen) atoms. The van der Waals surface area contributed by atoms with Crippen molar-refractivity contribution in [3.8, 4) is 0 Å². The van der Waals surface area contributed by atoms with Gasteiger partial charge in [0.05, 0.1) is 6.54 Å². The maximum Gasteiger partial charge on any atom is 0.330 e. The largest absolute Gasteiger partial charge is 0.330 e. The van der Waals surface area contributed by atoms with Crippen molar-refractivity contribution in [2.75, 3.05) is 12.1 Å². The molecule has 0 bridgehead atoms. The highest BCUT2D eigenvalue weighted by Crippen LogP contribution is 2.04. The number of allylic oxidation sites excluding steroid dienone is 1. The highest BCUT2D eigenvalue weighted by molar-refractivity contribution is 5.78. The van der Waals surface area contributed by atoms with E-state index in [1.54, 1.807) is 19.3 Å². The van der Waals surface area contributed by atoms with Crippen LogP contribution in [-0.4, -0.2) is 22.8 Å². The van der Waals surface area contributed by atoms with Crippen molar-refractivity contribution in [3.05, 3.63) is 105 Å². The molecule has 0 aliphatic carbocycles. The second kappa shape index (κ2) is 8.62. The van der Waals surface area contributed by atoms with Crippen LogP contribution in [0.4, 0.5) is 5.82 Å². The summed E-state index contributed by atoms with van der Waals surface area (Å²) in [4.78, 5) is 27.3. The minimum absolute atomic E-state index is 0.224. The van der Waals surface area contributed by atoms with Crippen molar-refractivity contribution in [1.82, 2.24) is 9.55 Å². The van der Waals surface area contributed by atoms with Crippen LogP contribution in [-0.2, 0) is 6.54 Å². The molecule has 0 unspecified atom stereocenters. The standard InChI is InChI=1S/C21H20N4O2/c1-24(22-14-8-13-17-9-4-2-5-10-17)19-15-20(26)25(21(27)23-19)16-18-11-6-3-7-12-18/h2-15H,16H2,1H3,(H,23,27)/b13-8+,22-14+. The molecule has 0 aliphatic heterocycles. The summed E-state index contributed by atoms with van der Waals surface area (Å²) in [6, 6.07) is 20.6. The van der Waals surface area contributed by atoms with E-state index in [2.05, 4.69) is 10.1 Å². The molecule has 0 saturated heterocycles. The molecular weight excluding hydrogens is 340 g/mol. The Bertz CT molecular complexity index is 1020. The first kappa shape index (κ1) is 18.1. The van der Waals surface area contributed by atoms with Crippen molar-refractivity contribution in [2.45, 2.75) is 6.54 Å². The van der Waals surface area contributed by atoms with Crippen LogP contribution in [0.15, 0.2) is 87.5 Å². The molecule has 0 saturated carbocycles. The topological polar surface area (TPSA) is 70.5 Å². The number of aromatic amines is 1. The van der Waals surface area contributed by atoms with Crippen LogP contribution in [0, 0.1) is 0 Å². The number of benzene rings is 2. The van der Waals surface area contributed by atoms with E-state index in [0.717, 1.165) is 15.7 Å². The lowest BCUT2D eigenvalue weighted by Crippen LogP contribution is -2.36. The zero-order chi connectivity index (χ0) is 19.1. The van der Waals surface area contributed by atoms with Gasteiger partial charge in [-0.15, -0.1) is 0 Å². The smallest absolute Gasteiger partial charge is 0.292 e. The summed E-state index contributed by atoms with van der Waals surface area (Å²) >= 11 is 0. The van der Waals surface area contributed by atoms with Crippen molar-refractivity contribution in [1.29, 1.82) is 0 Å². The summed E-state index contributed by atoms with van der Waals surface area (Å²) in [5.41, 5.74) is 1.10. The van der Waals surface area contributed by atoms with Crippen molar-refractivity contribution < 1.29 is 0 Å². The summed E-state index contributed by atoms with van der Waals surface area (Å²) in [5, 5.41) is 5.66. The van der Waals surface area contributed by atoms with Gasteiger partial charge in [-0.25, -0.2) is 4.79 Å². The number of hydrogen-bond acceptors (Lipinski definition) is 4. The number of H-pyrrole nitrogens is 1. The maximum atomic E-state index is 12.3. The average molecular weight is 360 g/mol. The SMILES string of the molecule is CN(/N=C/C=C/c1ccccc1)c1cc(=O)n(Cc2ccccc2)c(=O)[nH]1. The van der Waals surface area contributed by atoms with Crippen LogP contribution in [0.5, 0.6) is 0 Å². The quantitative estimate of drug-likeness (QED) is 0.543. The Morgan fingerprint density at radius 2 is 1.70 bits per heavy atom. The molecule has 136 valence electrons. The van der Waals surface area contributed by atoms with Gasteiger partial charge < -0.3 is 0 Å². The predicted octanol–water partition coefficient (Wildman–Crippen LogP) is 2.72. The average Bonchev–Trinajstić information content (AvgIpc) is 2.69. The monoisotopic (exact) mass is 360 g/mol. The Labute approximate surface area is 156 Å². The van der Waals surface area contributed by atoms with Crippen LogP contribution in [0.25, 0.3) is 6.08 Å². The third-order valence-electron chi connectivity index (χ3n) is 3.95. The molecule has 0 aliphatic rings. The minimum Gasteiger partial charge on any atom is -0.292 e. The van der Waals surface area contributed by atoms with Gasteiger partial charge in [0.25, 0.3) is 5.56 Å². The molecular formula is C21H20N4O2. The Balaban J connectivity index is 1.73. The maximum absolute atomic E-state index is 12.3. The van der Waals surface area contributed by atoms with E-state index in [1.807, 2.05) is 66.7 Å². The molecule has 1 heterocycles. The van der Waals surface area contributed by atoms with Gasteiger partial charge in [0.1, 0.15) is 5.82 Å². The number of anilines is 1. The summed E-state index contributed by atoms with van der Waals surface area (Å²) in [5.74, 6) is 0.332. The van der Waals surface area contributed by atoms with Gasteiger partial charge in [0.2, 0.25) is 0 Å². The van der Waals surface area contributed by atoms with E-state index in [0.29, 0.717) is 5.82 Å². The van der Waals surface area contributed by atoms with Crippen molar-refractivity contribution in [3.63, 3.8) is 0 Å². The molecule has 2 aromatic carbocycles. The van der Waals surface area contributed by atoms with E-state index < -0.39 is 5.69 Å². The zero-order valence-electron chi connectivity index (χ0n) is 14.9. The van der Waals surface area contributed by atoms with Crippen molar-refractivity contribution in [2.24, 2.45) is 5.10 Å². The van der Waals surface area contributed by atoms with E-state index in [1.165, 1.54) is 11.1 Å². The Morgan fingerprint density at radius 3 is 2.37 bits per heavy atom. The number of rotatable bonds is 6. The highest BCUT2D eigenvalue weighted by Gasteiger charge is 2.07. The molecule has 6 heteroatoms. The van der Waals surface area contributed by atoms with E-state index >= 15 is 0 Å². The summed E-state index contributed by atoms with van der Waals surface area (Å²) in [6.07, 6.45) is 5.30. The third-order valence-corrected chi connectivity index (χ3v) is 3.95. The van der Waals surface area contributed by atoms with Gasteiger partial charge in [-0.3, -0.25) is 19.4 Å². The van der Waals surface area contributed by atoms with E-state index in [9.17, 15) is 9.59 Å². The fraction of sp³-hybridized carbons (Fsp3) is 0.0952. The molecule has 1 aromatic heterocycles. The number of hydrazone groups is 1. The summed E-state index contributed by atoms with van der Waals surface area (Å²) in [7, 11) is 1.67. The van der Waals surface area contributed by atoms with Crippen LogP contribution in [0.2, 0.25) is 0 Å². The van der Waals surface area contributed by atoms with Crippen molar-refractivity contribution >= 4 is 18.1 Å². The molecule has 3 aromatic rings. The molecule has 6 nitrogen and oxygen atoms in total. The first-order chi connectivity index (χ1) is 13.1. The fourth-order valence-electron chi connectivity index (χ4n) is 2.52. The first-order valence-electron chi connectivity index (χ1n) is 8.51. The summed E-state index contributed by atoms with van der Waals surface area (Å²) in [6.45, 7) is 0.224. The molecule has 0 fully saturated rings. The van der Waals surface area contributed by atoms with Gasteiger partial charge in [0, 0.05) is 19.3 Å². The molecule has 0 radical (unpaired) electrons. The number of hydrogen-bond donors (Lipinski definition) is 1. The van der Waals surface area contributed by atoms with Gasteiger partial charge in [0.15, 0.2) is 0 Å². The van der Waals surface area contributed by atoms with Gasteiger partial charge >= 0.3 is 5.69 Å². The summed E-state index contributed by atoms with van der Waals surface area (Å²) < 4.78 is 1.16. The Morgan fingerprint density at radius 1 is 1.04 bits per heavy atom. The Kier molecular flexibility index (Phi) is 5.79. The lowest BCUT2D eigenvalue weighted by molar-refractivity contribution is 0.695. The Hall–Kier alpha value is -3.67. The molecule has 0 atom stereocenters. The molecule has 3 rings (SSSR count). The number of nitrogens with zero attached hydrogens (tertiary/aromatic N) is 3. The van der Waals surface area contributed by atoms with Gasteiger partial charge in [-0.05, 0) is 17.2 Å². The lowest BCUT2D eigenvalue weighted by Gasteiger charge is -2.13. The normalized spacial score (nSPS) is 11.3. The van der Waals surface area contributed by atoms with Crippen LogP contribution in [0.1, 0.15) is 11.1 Å². The van der Waals surface area contributed by atoms with Crippen LogP contribution >= 0.6 is 0 Å². The van der Waals surface area contributed by atoms with Gasteiger partial charge in [-0.2, -0.15) is 5.10 Å². The lowest BCUT2D eigenvalue weighted by atomic mass is 10.2. The zero-order valence-corrected chi connectivity index (χ0v) is 14.9. The predicted molar refractivity (Wildman–Crippen MR) is 109 cm³/mol. The third kappa shape index (κ3) is 4.92. The van der Waals surface area contributed by atoms with E-state index in [4.69, 9.17) is 0 Å². The van der Waals surface area contributed by atoms with Gasteiger partial charge in [-0.1, -0.05) is 66.7 Å². The molecule has 1 N–H and O–H groups in total.